The van der Waals surface area contributed by atoms with Crippen LogP contribution in [0.4, 0.5) is 0 Å². The summed E-state index contributed by atoms with van der Waals surface area (Å²) in [6.07, 6.45) is 0. The fourth-order valence-corrected chi connectivity index (χ4v) is 1.47. The monoisotopic (exact) mass is 218 g/mol. The van der Waals surface area contributed by atoms with Gasteiger partial charge in [-0.15, -0.1) is 0 Å². The Morgan fingerprint density at radius 2 is 2.06 bits per heavy atom. The maximum atomic E-state index is 11.5. The second-order valence-corrected chi connectivity index (χ2v) is 3.48. The van der Waals surface area contributed by atoms with E-state index in [2.05, 4.69) is 4.74 Å². The third kappa shape index (κ3) is 1.69. The zero-order valence-corrected chi connectivity index (χ0v) is 8.94. The topological polar surface area (TPSA) is 56.5 Å². The summed E-state index contributed by atoms with van der Waals surface area (Å²) in [4.78, 5) is 22.7. The molecule has 0 bridgehead atoms. The average Bonchev–Trinajstić information content (AvgIpc) is 2.27. The molecule has 0 aliphatic heterocycles. The van der Waals surface area contributed by atoms with Crippen LogP contribution in [0.3, 0.4) is 0 Å². The molecule has 4 nitrogen and oxygen atoms in total. The molecule has 1 heterocycles. The fourth-order valence-electron chi connectivity index (χ4n) is 1.47. The molecule has 0 atom stereocenters. The number of rotatable bonds is 1. The van der Waals surface area contributed by atoms with Crippen LogP contribution in [0.15, 0.2) is 33.5 Å². The number of methoxy groups -OCH3 is 1. The summed E-state index contributed by atoms with van der Waals surface area (Å²) >= 11 is 0. The van der Waals surface area contributed by atoms with Crippen LogP contribution in [0.2, 0.25) is 0 Å². The highest BCUT2D eigenvalue weighted by molar-refractivity contribution is 5.92. The van der Waals surface area contributed by atoms with Crippen molar-refractivity contribution in [3.63, 3.8) is 0 Å². The van der Waals surface area contributed by atoms with Gasteiger partial charge in [0.05, 0.1) is 7.11 Å². The van der Waals surface area contributed by atoms with Crippen molar-refractivity contribution in [2.45, 2.75) is 6.92 Å². The molecule has 0 spiro atoms. The van der Waals surface area contributed by atoms with Gasteiger partial charge >= 0.3 is 11.6 Å². The maximum Gasteiger partial charge on any atom is 0.351 e. The summed E-state index contributed by atoms with van der Waals surface area (Å²) in [5.41, 5.74) is 0.697. The molecule has 0 amide bonds. The number of hydrogen-bond acceptors (Lipinski definition) is 4. The van der Waals surface area contributed by atoms with Gasteiger partial charge in [-0.2, -0.15) is 0 Å². The highest BCUT2D eigenvalue weighted by Gasteiger charge is 2.13. The molecule has 1 aromatic carbocycles. The van der Waals surface area contributed by atoms with Crippen molar-refractivity contribution in [3.05, 3.63) is 45.8 Å². The Bertz CT molecular complexity index is 610. The van der Waals surface area contributed by atoms with Crippen LogP contribution in [0, 0.1) is 6.92 Å². The van der Waals surface area contributed by atoms with E-state index in [1.165, 1.54) is 13.2 Å². The van der Waals surface area contributed by atoms with Crippen LogP contribution in [0.5, 0.6) is 0 Å². The van der Waals surface area contributed by atoms with Gasteiger partial charge in [0.2, 0.25) is 0 Å². The largest absolute Gasteiger partial charge is 0.465 e. The molecule has 0 unspecified atom stereocenters. The fraction of sp³-hybridized carbons (Fsp3) is 0.167. The number of carbonyl (C=O) groups is 1. The normalized spacial score (nSPS) is 10.4. The zero-order chi connectivity index (χ0) is 11.7. The number of aryl methyl sites for hydroxylation is 1. The van der Waals surface area contributed by atoms with E-state index in [0.717, 1.165) is 5.56 Å². The molecule has 4 heteroatoms. The van der Waals surface area contributed by atoms with E-state index in [9.17, 15) is 9.59 Å². The van der Waals surface area contributed by atoms with Gasteiger partial charge < -0.3 is 9.15 Å². The van der Waals surface area contributed by atoms with E-state index in [0.29, 0.717) is 11.0 Å². The van der Waals surface area contributed by atoms with Crippen LogP contribution in [0.25, 0.3) is 11.0 Å². The van der Waals surface area contributed by atoms with Gasteiger partial charge in [0, 0.05) is 5.39 Å². The third-order valence-electron chi connectivity index (χ3n) is 2.30. The van der Waals surface area contributed by atoms with Crippen LogP contribution >= 0.6 is 0 Å². The van der Waals surface area contributed by atoms with Crippen molar-refractivity contribution >= 4 is 16.9 Å². The van der Waals surface area contributed by atoms with E-state index in [-0.39, 0.29) is 5.56 Å². The summed E-state index contributed by atoms with van der Waals surface area (Å²) in [6.45, 7) is 1.90. The lowest BCUT2D eigenvalue weighted by molar-refractivity contribution is 0.0596. The first kappa shape index (κ1) is 10.4. The minimum Gasteiger partial charge on any atom is -0.465 e. The first-order chi connectivity index (χ1) is 7.61. The van der Waals surface area contributed by atoms with Crippen molar-refractivity contribution in [2.75, 3.05) is 7.11 Å². The zero-order valence-electron chi connectivity index (χ0n) is 8.94. The van der Waals surface area contributed by atoms with Crippen molar-refractivity contribution in [3.8, 4) is 0 Å². The molecule has 2 aromatic rings. The smallest absolute Gasteiger partial charge is 0.351 e. The molecule has 0 fully saturated rings. The quantitative estimate of drug-likeness (QED) is 0.541. The molecular formula is C12H10O4. The molecule has 0 radical (unpaired) electrons. The molecule has 0 aliphatic rings. The average molecular weight is 218 g/mol. The Labute approximate surface area is 91.4 Å². The Balaban J connectivity index is 2.72. The van der Waals surface area contributed by atoms with Crippen molar-refractivity contribution in [1.29, 1.82) is 0 Å². The van der Waals surface area contributed by atoms with Crippen LogP contribution in [-0.2, 0) is 4.74 Å². The predicted molar refractivity (Wildman–Crippen MR) is 58.6 cm³/mol. The van der Waals surface area contributed by atoms with Gasteiger partial charge in [-0.3, -0.25) is 0 Å². The molecule has 82 valence electrons. The Kier molecular flexibility index (Phi) is 2.48. The Morgan fingerprint density at radius 3 is 2.75 bits per heavy atom. The van der Waals surface area contributed by atoms with E-state index >= 15 is 0 Å². The summed E-state index contributed by atoms with van der Waals surface area (Å²) in [6, 6.07) is 6.90. The molecule has 16 heavy (non-hydrogen) atoms. The summed E-state index contributed by atoms with van der Waals surface area (Å²) in [5.74, 6) is -0.684. The molecular weight excluding hydrogens is 208 g/mol. The number of esters is 1. The first-order valence-corrected chi connectivity index (χ1v) is 4.74. The third-order valence-corrected chi connectivity index (χ3v) is 2.30. The second kappa shape index (κ2) is 3.81. The second-order valence-electron chi connectivity index (χ2n) is 3.48. The number of benzene rings is 1. The maximum absolute atomic E-state index is 11.5. The Hall–Kier alpha value is -2.10. The lowest BCUT2D eigenvalue weighted by atomic mass is 10.1. The lowest BCUT2D eigenvalue weighted by Gasteiger charge is -2.01. The van der Waals surface area contributed by atoms with E-state index < -0.39 is 11.6 Å². The van der Waals surface area contributed by atoms with Crippen LogP contribution in [-0.4, -0.2) is 13.1 Å². The SMILES string of the molecule is COC(=O)c1cc2ccc(C)cc2oc1=O. The van der Waals surface area contributed by atoms with Gasteiger partial charge in [-0.25, -0.2) is 9.59 Å². The van der Waals surface area contributed by atoms with Gasteiger partial charge in [0.1, 0.15) is 11.1 Å². The van der Waals surface area contributed by atoms with E-state index in [4.69, 9.17) is 4.42 Å². The molecule has 0 N–H and O–H groups in total. The number of fused-ring (bicyclic) bond motifs is 1. The first-order valence-electron chi connectivity index (χ1n) is 4.74. The summed E-state index contributed by atoms with van der Waals surface area (Å²) < 4.78 is 9.53. The number of carbonyl (C=O) groups excluding carboxylic acids is 1. The van der Waals surface area contributed by atoms with Crippen molar-refractivity contribution < 1.29 is 13.9 Å². The van der Waals surface area contributed by atoms with Gasteiger partial charge in [-0.1, -0.05) is 12.1 Å². The van der Waals surface area contributed by atoms with Crippen LogP contribution in [0.1, 0.15) is 15.9 Å². The van der Waals surface area contributed by atoms with E-state index in [1.54, 1.807) is 12.1 Å². The molecule has 0 saturated carbocycles. The van der Waals surface area contributed by atoms with Crippen LogP contribution < -0.4 is 5.63 Å². The minimum atomic E-state index is -0.684. The van der Waals surface area contributed by atoms with Gasteiger partial charge in [-0.05, 0) is 24.6 Å². The van der Waals surface area contributed by atoms with Crippen molar-refractivity contribution in [1.82, 2.24) is 0 Å². The number of ether oxygens (including phenoxy) is 1. The van der Waals surface area contributed by atoms with Crippen molar-refractivity contribution in [2.24, 2.45) is 0 Å². The highest BCUT2D eigenvalue weighted by atomic mass is 16.5. The predicted octanol–water partition coefficient (Wildman–Crippen LogP) is 1.89. The lowest BCUT2D eigenvalue weighted by Crippen LogP contribution is -2.14. The summed E-state index contributed by atoms with van der Waals surface area (Å²) in [5, 5.41) is 0.700. The Morgan fingerprint density at radius 1 is 1.31 bits per heavy atom. The van der Waals surface area contributed by atoms with Gasteiger partial charge in [0.25, 0.3) is 0 Å². The highest BCUT2D eigenvalue weighted by Crippen LogP contribution is 2.15. The molecule has 1 aromatic heterocycles. The summed E-state index contributed by atoms with van der Waals surface area (Å²) in [7, 11) is 1.22. The number of hydrogen-bond donors (Lipinski definition) is 0. The van der Waals surface area contributed by atoms with E-state index in [1.807, 2.05) is 13.0 Å². The molecule has 0 saturated heterocycles. The molecule has 0 aliphatic carbocycles. The standard InChI is InChI=1S/C12H10O4/c1-7-3-4-8-6-9(11(13)15-2)12(14)16-10(8)5-7/h3-6H,1-2H3. The van der Waals surface area contributed by atoms with Gasteiger partial charge in [0.15, 0.2) is 0 Å². The molecule has 2 rings (SSSR count). The minimum absolute atomic E-state index is 0.0844.